The Kier molecular flexibility index (Phi) is 7.23. The molecule has 1 unspecified atom stereocenters. The fraction of sp³-hybridized carbons (Fsp3) is 0.923. The quantitative estimate of drug-likeness (QED) is 0.683. The average molecular weight is 257 g/mol. The first-order valence-electron chi connectivity index (χ1n) is 6.92. The number of piperidine rings is 1. The third-order valence-electron chi connectivity index (χ3n) is 3.49. The Hall–Kier alpha value is -0.650. The molecule has 1 heterocycles. The number of hydrogen-bond acceptors (Lipinski definition) is 4. The van der Waals surface area contributed by atoms with Gasteiger partial charge in [0.1, 0.15) is 6.04 Å². The number of rotatable bonds is 7. The van der Waals surface area contributed by atoms with Crippen molar-refractivity contribution in [2.24, 2.45) is 11.7 Å². The molecule has 1 saturated heterocycles. The highest BCUT2D eigenvalue weighted by molar-refractivity contribution is 5.81. The molecule has 0 aromatic rings. The number of likely N-dealkylation sites (tertiary alicyclic amines) is 1. The highest BCUT2D eigenvalue weighted by Gasteiger charge is 2.20. The number of carbonyl (C=O) groups excluding carboxylic acids is 1. The number of nitrogens with zero attached hydrogens (tertiary/aromatic N) is 1. The summed E-state index contributed by atoms with van der Waals surface area (Å²) in [6, 6.07) is -0.546. The topological polar surface area (TPSA) is 67.6 Å². The zero-order valence-corrected chi connectivity index (χ0v) is 11.7. The van der Waals surface area contributed by atoms with E-state index in [4.69, 9.17) is 10.5 Å². The molecule has 0 aromatic heterocycles. The van der Waals surface area contributed by atoms with E-state index in [1.54, 1.807) is 7.11 Å². The van der Waals surface area contributed by atoms with E-state index in [9.17, 15) is 4.79 Å². The average Bonchev–Trinajstić information content (AvgIpc) is 2.38. The first-order valence-corrected chi connectivity index (χ1v) is 6.92. The number of carbonyl (C=O) groups is 1. The van der Waals surface area contributed by atoms with Gasteiger partial charge in [-0.15, -0.1) is 0 Å². The van der Waals surface area contributed by atoms with Gasteiger partial charge in [-0.05, 0) is 44.8 Å². The van der Waals surface area contributed by atoms with Crippen LogP contribution < -0.4 is 11.1 Å². The molecule has 3 N–H and O–H groups in total. The molecule has 5 nitrogen and oxygen atoms in total. The first kappa shape index (κ1) is 15.4. The molecule has 0 saturated carbocycles. The van der Waals surface area contributed by atoms with Crippen LogP contribution in [0.5, 0.6) is 0 Å². The van der Waals surface area contributed by atoms with Crippen LogP contribution in [0.2, 0.25) is 0 Å². The van der Waals surface area contributed by atoms with Crippen molar-refractivity contribution in [3.05, 3.63) is 0 Å². The molecular formula is C13H27N3O2. The monoisotopic (exact) mass is 257 g/mol. The predicted octanol–water partition coefficient (Wildman–Crippen LogP) is 0.198. The Morgan fingerprint density at radius 1 is 1.50 bits per heavy atom. The Balaban J connectivity index is 2.15. The van der Waals surface area contributed by atoms with Gasteiger partial charge in [-0.2, -0.15) is 0 Å². The minimum Gasteiger partial charge on any atom is -0.383 e. The minimum atomic E-state index is -0.546. The van der Waals surface area contributed by atoms with Crippen molar-refractivity contribution in [1.82, 2.24) is 10.2 Å². The van der Waals surface area contributed by atoms with E-state index in [1.807, 2.05) is 0 Å². The van der Waals surface area contributed by atoms with Crippen LogP contribution in [0.15, 0.2) is 0 Å². The highest BCUT2D eigenvalue weighted by atomic mass is 16.5. The maximum absolute atomic E-state index is 11.6. The van der Waals surface area contributed by atoms with Crippen molar-refractivity contribution in [3.63, 3.8) is 0 Å². The van der Waals surface area contributed by atoms with Crippen LogP contribution in [0, 0.1) is 5.92 Å². The van der Waals surface area contributed by atoms with E-state index in [1.165, 1.54) is 25.8 Å². The lowest BCUT2D eigenvalue weighted by atomic mass is 9.96. The Morgan fingerprint density at radius 2 is 2.17 bits per heavy atom. The summed E-state index contributed by atoms with van der Waals surface area (Å²) in [5.41, 5.74) is 5.66. The van der Waals surface area contributed by atoms with Crippen LogP contribution in [0.4, 0.5) is 0 Å². The predicted molar refractivity (Wildman–Crippen MR) is 72.3 cm³/mol. The van der Waals surface area contributed by atoms with Gasteiger partial charge in [-0.3, -0.25) is 4.79 Å². The summed E-state index contributed by atoms with van der Waals surface area (Å²) in [5.74, 6) is 0.490. The van der Waals surface area contributed by atoms with Crippen molar-refractivity contribution in [3.8, 4) is 0 Å². The van der Waals surface area contributed by atoms with Crippen molar-refractivity contribution in [1.29, 1.82) is 0 Å². The van der Waals surface area contributed by atoms with Crippen LogP contribution in [0.3, 0.4) is 0 Å². The molecule has 0 aliphatic carbocycles. The van der Waals surface area contributed by atoms with Gasteiger partial charge in [-0.1, -0.05) is 6.92 Å². The summed E-state index contributed by atoms with van der Waals surface area (Å²) in [6.07, 6.45) is 3.55. The Morgan fingerprint density at radius 3 is 2.72 bits per heavy atom. The van der Waals surface area contributed by atoms with E-state index in [0.717, 1.165) is 19.6 Å². The number of amides is 1. The molecule has 5 heteroatoms. The molecule has 1 amide bonds. The van der Waals surface area contributed by atoms with Crippen molar-refractivity contribution in [2.45, 2.75) is 32.2 Å². The maximum Gasteiger partial charge on any atom is 0.239 e. The lowest BCUT2D eigenvalue weighted by Gasteiger charge is -2.31. The fourth-order valence-corrected chi connectivity index (χ4v) is 2.36. The van der Waals surface area contributed by atoms with Gasteiger partial charge in [0.25, 0.3) is 0 Å². The maximum atomic E-state index is 11.6. The van der Waals surface area contributed by atoms with E-state index in [-0.39, 0.29) is 12.5 Å². The summed E-state index contributed by atoms with van der Waals surface area (Å²) in [5, 5.41) is 2.92. The zero-order chi connectivity index (χ0) is 13.4. The van der Waals surface area contributed by atoms with Gasteiger partial charge >= 0.3 is 0 Å². The van der Waals surface area contributed by atoms with E-state index >= 15 is 0 Å². The standard InChI is InChI=1S/C13H27N3O2/c1-3-6-16-7-4-11(5-8-16)9-15-13(17)12(14)10-18-2/h11-12H,3-10,14H2,1-2H3,(H,15,17). The molecule has 0 aromatic carbocycles. The van der Waals surface area contributed by atoms with Gasteiger partial charge in [0.15, 0.2) is 0 Å². The number of ether oxygens (including phenoxy) is 1. The van der Waals surface area contributed by atoms with Crippen molar-refractivity contribution < 1.29 is 9.53 Å². The number of methoxy groups -OCH3 is 1. The number of nitrogens with two attached hydrogens (primary N) is 1. The van der Waals surface area contributed by atoms with Crippen LogP contribution in [0.25, 0.3) is 0 Å². The van der Waals surface area contributed by atoms with Crippen molar-refractivity contribution >= 4 is 5.91 Å². The lowest BCUT2D eigenvalue weighted by Crippen LogP contribution is -2.46. The van der Waals surface area contributed by atoms with Gasteiger partial charge in [0.05, 0.1) is 6.61 Å². The number of hydrogen-bond donors (Lipinski definition) is 2. The summed E-state index contributed by atoms with van der Waals surface area (Å²) >= 11 is 0. The molecule has 1 rings (SSSR count). The Bertz CT molecular complexity index is 240. The fourth-order valence-electron chi connectivity index (χ4n) is 2.36. The van der Waals surface area contributed by atoms with E-state index in [0.29, 0.717) is 5.92 Å². The SMILES string of the molecule is CCCN1CCC(CNC(=O)C(N)COC)CC1. The van der Waals surface area contributed by atoms with Crippen LogP contribution in [0.1, 0.15) is 26.2 Å². The van der Waals surface area contributed by atoms with E-state index in [2.05, 4.69) is 17.1 Å². The smallest absolute Gasteiger partial charge is 0.239 e. The second-order valence-electron chi connectivity index (χ2n) is 5.09. The van der Waals surface area contributed by atoms with Gasteiger partial charge in [0.2, 0.25) is 5.91 Å². The molecule has 106 valence electrons. The number of nitrogens with one attached hydrogen (secondary N) is 1. The van der Waals surface area contributed by atoms with Crippen molar-refractivity contribution in [2.75, 3.05) is 39.9 Å². The molecule has 0 bridgehead atoms. The third kappa shape index (κ3) is 5.33. The van der Waals surface area contributed by atoms with Gasteiger partial charge < -0.3 is 20.7 Å². The molecule has 0 spiro atoms. The first-order chi connectivity index (χ1) is 8.67. The summed E-state index contributed by atoms with van der Waals surface area (Å²) < 4.78 is 4.87. The molecule has 1 aliphatic rings. The second kappa shape index (κ2) is 8.45. The molecule has 1 fully saturated rings. The van der Waals surface area contributed by atoms with E-state index < -0.39 is 6.04 Å². The molecule has 1 aliphatic heterocycles. The summed E-state index contributed by atoms with van der Waals surface area (Å²) in [4.78, 5) is 14.1. The molecule has 0 radical (unpaired) electrons. The second-order valence-corrected chi connectivity index (χ2v) is 5.09. The van der Waals surface area contributed by atoms with Crippen LogP contribution in [-0.4, -0.2) is 56.7 Å². The van der Waals surface area contributed by atoms with Crippen LogP contribution >= 0.6 is 0 Å². The lowest BCUT2D eigenvalue weighted by molar-refractivity contribution is -0.123. The zero-order valence-electron chi connectivity index (χ0n) is 11.7. The third-order valence-corrected chi connectivity index (χ3v) is 3.49. The molecule has 18 heavy (non-hydrogen) atoms. The van der Waals surface area contributed by atoms with Gasteiger partial charge in [0, 0.05) is 13.7 Å². The largest absolute Gasteiger partial charge is 0.383 e. The summed E-state index contributed by atoms with van der Waals surface area (Å²) in [7, 11) is 1.55. The minimum absolute atomic E-state index is 0.104. The summed E-state index contributed by atoms with van der Waals surface area (Å²) in [6.45, 7) is 6.73. The molecule has 1 atom stereocenters. The highest BCUT2D eigenvalue weighted by Crippen LogP contribution is 2.16. The van der Waals surface area contributed by atoms with Crippen LogP contribution in [-0.2, 0) is 9.53 Å². The normalized spacial score (nSPS) is 19.7. The Labute approximate surface area is 110 Å². The molecular weight excluding hydrogens is 230 g/mol. The van der Waals surface area contributed by atoms with Gasteiger partial charge in [-0.25, -0.2) is 0 Å².